The fourth-order valence-electron chi connectivity index (χ4n) is 5.44. The lowest BCUT2D eigenvalue weighted by Crippen LogP contribution is -2.59. The lowest BCUT2D eigenvalue weighted by molar-refractivity contribution is -0.184. The summed E-state index contributed by atoms with van der Waals surface area (Å²) in [5.41, 5.74) is -0.660. The third-order valence-electron chi connectivity index (χ3n) is 5.54. The standard InChI is InChI=1S/C15H23NO3/c1-16(2)12(17)14-5-10-4-11(6-14)8-15(7-10,9-14)13(18)19-3/h10-11H,4-9H2,1-3H3. The van der Waals surface area contributed by atoms with Gasteiger partial charge >= 0.3 is 5.97 Å². The van der Waals surface area contributed by atoms with Gasteiger partial charge in [0.2, 0.25) is 5.91 Å². The van der Waals surface area contributed by atoms with E-state index in [2.05, 4.69) is 0 Å². The van der Waals surface area contributed by atoms with Crippen LogP contribution >= 0.6 is 0 Å². The van der Waals surface area contributed by atoms with Gasteiger partial charge in [-0.15, -0.1) is 0 Å². The molecule has 2 unspecified atom stereocenters. The van der Waals surface area contributed by atoms with Gasteiger partial charge in [0.15, 0.2) is 0 Å². The lowest BCUT2D eigenvalue weighted by Gasteiger charge is -2.60. The van der Waals surface area contributed by atoms with Crippen LogP contribution in [0.15, 0.2) is 0 Å². The number of hydrogen-bond donors (Lipinski definition) is 0. The first-order chi connectivity index (χ1) is 8.91. The minimum absolute atomic E-state index is 0.0856. The number of hydrogen-bond acceptors (Lipinski definition) is 3. The first kappa shape index (κ1) is 12.9. The molecule has 4 aliphatic carbocycles. The third kappa shape index (κ3) is 1.72. The van der Waals surface area contributed by atoms with Gasteiger partial charge in [-0.3, -0.25) is 9.59 Å². The largest absolute Gasteiger partial charge is 0.469 e. The Balaban J connectivity index is 1.97. The van der Waals surface area contributed by atoms with Crippen LogP contribution in [0.3, 0.4) is 0 Å². The summed E-state index contributed by atoms with van der Waals surface area (Å²) < 4.78 is 5.06. The summed E-state index contributed by atoms with van der Waals surface area (Å²) in [6.07, 6.45) is 5.70. The Labute approximate surface area is 114 Å². The average Bonchev–Trinajstić information content (AvgIpc) is 2.35. The van der Waals surface area contributed by atoms with Crippen molar-refractivity contribution in [1.29, 1.82) is 0 Å². The number of ether oxygens (including phenoxy) is 1. The number of esters is 1. The van der Waals surface area contributed by atoms with E-state index in [4.69, 9.17) is 4.74 Å². The number of carbonyl (C=O) groups excluding carboxylic acids is 2. The Hall–Kier alpha value is -1.06. The van der Waals surface area contributed by atoms with Crippen LogP contribution in [0.4, 0.5) is 0 Å². The summed E-state index contributed by atoms with van der Waals surface area (Å²) in [6, 6.07) is 0. The Bertz CT molecular complexity index is 415. The van der Waals surface area contributed by atoms with Crippen LogP contribution in [-0.2, 0) is 14.3 Å². The van der Waals surface area contributed by atoms with Crippen LogP contribution in [0.2, 0.25) is 0 Å². The molecular formula is C15H23NO3. The van der Waals surface area contributed by atoms with Gasteiger partial charge in [0, 0.05) is 14.1 Å². The second kappa shape index (κ2) is 3.97. The molecule has 0 radical (unpaired) electrons. The highest BCUT2D eigenvalue weighted by Crippen LogP contribution is 2.65. The number of rotatable bonds is 2. The molecule has 0 heterocycles. The van der Waals surface area contributed by atoms with Crippen molar-refractivity contribution in [2.45, 2.75) is 38.5 Å². The molecule has 4 fully saturated rings. The summed E-state index contributed by atoms with van der Waals surface area (Å²) in [6.45, 7) is 0. The van der Waals surface area contributed by atoms with Crippen LogP contribution in [0.5, 0.6) is 0 Å². The Kier molecular flexibility index (Phi) is 2.70. The van der Waals surface area contributed by atoms with Gasteiger partial charge in [-0.1, -0.05) is 0 Å². The molecule has 4 nitrogen and oxygen atoms in total. The monoisotopic (exact) mass is 265 g/mol. The molecule has 0 aromatic carbocycles. The van der Waals surface area contributed by atoms with Gasteiger partial charge in [-0.2, -0.15) is 0 Å². The van der Waals surface area contributed by atoms with E-state index in [0.717, 1.165) is 25.7 Å². The quantitative estimate of drug-likeness (QED) is 0.716. The molecule has 0 spiro atoms. The van der Waals surface area contributed by atoms with Gasteiger partial charge in [-0.05, 0) is 50.4 Å². The van der Waals surface area contributed by atoms with E-state index in [0.29, 0.717) is 18.3 Å². The Morgan fingerprint density at radius 3 is 2.05 bits per heavy atom. The number of carbonyl (C=O) groups is 2. The summed E-state index contributed by atoms with van der Waals surface area (Å²) in [5.74, 6) is 1.20. The van der Waals surface area contributed by atoms with E-state index in [-0.39, 0.29) is 22.7 Å². The zero-order valence-corrected chi connectivity index (χ0v) is 12.1. The molecule has 4 rings (SSSR count). The molecular weight excluding hydrogens is 242 g/mol. The van der Waals surface area contributed by atoms with Gasteiger partial charge < -0.3 is 9.64 Å². The predicted octanol–water partition coefficient (Wildman–Crippen LogP) is 1.83. The molecule has 0 aliphatic heterocycles. The number of methoxy groups -OCH3 is 1. The smallest absolute Gasteiger partial charge is 0.311 e. The minimum atomic E-state index is -0.371. The van der Waals surface area contributed by atoms with E-state index in [9.17, 15) is 9.59 Å². The molecule has 106 valence electrons. The van der Waals surface area contributed by atoms with Crippen molar-refractivity contribution in [3.63, 3.8) is 0 Å². The van der Waals surface area contributed by atoms with Crippen molar-refractivity contribution < 1.29 is 14.3 Å². The number of amides is 1. The molecule has 19 heavy (non-hydrogen) atoms. The highest BCUT2D eigenvalue weighted by molar-refractivity contribution is 5.86. The maximum absolute atomic E-state index is 12.6. The van der Waals surface area contributed by atoms with Gasteiger partial charge in [0.25, 0.3) is 0 Å². The SMILES string of the molecule is COC(=O)C12CC3CC(C1)CC(C(=O)N(C)C)(C3)C2. The lowest BCUT2D eigenvalue weighted by atomic mass is 9.44. The van der Waals surface area contributed by atoms with Crippen LogP contribution in [-0.4, -0.2) is 38.0 Å². The molecule has 0 aromatic heterocycles. The second-order valence-corrected chi connectivity index (χ2v) is 7.21. The predicted molar refractivity (Wildman–Crippen MR) is 70.3 cm³/mol. The topological polar surface area (TPSA) is 46.6 Å². The molecule has 2 atom stereocenters. The fraction of sp³-hybridized carbons (Fsp3) is 0.867. The maximum Gasteiger partial charge on any atom is 0.311 e. The van der Waals surface area contributed by atoms with Gasteiger partial charge in [-0.25, -0.2) is 0 Å². The van der Waals surface area contributed by atoms with Crippen LogP contribution < -0.4 is 0 Å². The molecule has 0 N–H and O–H groups in total. The normalized spacial score (nSPS) is 43.1. The molecule has 4 bridgehead atoms. The van der Waals surface area contributed by atoms with E-state index < -0.39 is 0 Å². The first-order valence-electron chi connectivity index (χ1n) is 7.21. The minimum Gasteiger partial charge on any atom is -0.469 e. The van der Waals surface area contributed by atoms with E-state index in [1.807, 2.05) is 14.1 Å². The van der Waals surface area contributed by atoms with Crippen molar-refractivity contribution in [3.8, 4) is 0 Å². The highest BCUT2D eigenvalue weighted by atomic mass is 16.5. The van der Waals surface area contributed by atoms with Crippen molar-refractivity contribution >= 4 is 11.9 Å². The molecule has 0 saturated heterocycles. The van der Waals surface area contributed by atoms with E-state index in [1.165, 1.54) is 13.5 Å². The van der Waals surface area contributed by atoms with Crippen LogP contribution in [0.1, 0.15) is 38.5 Å². The van der Waals surface area contributed by atoms with Crippen molar-refractivity contribution in [1.82, 2.24) is 4.90 Å². The second-order valence-electron chi connectivity index (χ2n) is 7.21. The van der Waals surface area contributed by atoms with Gasteiger partial charge in [0.1, 0.15) is 0 Å². The first-order valence-corrected chi connectivity index (χ1v) is 7.21. The van der Waals surface area contributed by atoms with E-state index >= 15 is 0 Å². The third-order valence-corrected chi connectivity index (χ3v) is 5.54. The summed E-state index contributed by atoms with van der Waals surface area (Å²) in [4.78, 5) is 26.6. The zero-order valence-electron chi connectivity index (χ0n) is 12.1. The van der Waals surface area contributed by atoms with E-state index in [1.54, 1.807) is 4.90 Å². The molecule has 4 heteroatoms. The summed E-state index contributed by atoms with van der Waals surface area (Å²) in [5, 5.41) is 0. The van der Waals surface area contributed by atoms with Crippen LogP contribution in [0.25, 0.3) is 0 Å². The molecule has 4 aliphatic rings. The Morgan fingerprint density at radius 2 is 1.58 bits per heavy atom. The number of nitrogens with zero attached hydrogens (tertiary/aromatic N) is 1. The summed E-state index contributed by atoms with van der Waals surface area (Å²) >= 11 is 0. The average molecular weight is 265 g/mol. The fourth-order valence-corrected chi connectivity index (χ4v) is 5.44. The zero-order chi connectivity index (χ0) is 13.8. The van der Waals surface area contributed by atoms with Crippen molar-refractivity contribution in [3.05, 3.63) is 0 Å². The maximum atomic E-state index is 12.6. The van der Waals surface area contributed by atoms with Gasteiger partial charge in [0.05, 0.1) is 17.9 Å². The Morgan fingerprint density at radius 1 is 1.05 bits per heavy atom. The van der Waals surface area contributed by atoms with Crippen LogP contribution in [0, 0.1) is 22.7 Å². The highest BCUT2D eigenvalue weighted by Gasteiger charge is 2.63. The van der Waals surface area contributed by atoms with Crippen molar-refractivity contribution in [2.24, 2.45) is 22.7 Å². The molecule has 4 saturated carbocycles. The molecule has 1 amide bonds. The van der Waals surface area contributed by atoms with Crippen molar-refractivity contribution in [2.75, 3.05) is 21.2 Å². The summed E-state index contributed by atoms with van der Waals surface area (Å²) in [7, 11) is 5.12. The molecule has 0 aromatic rings.